The fraction of sp³-hybridized carbons (Fsp3) is 0.263. The Morgan fingerprint density at radius 3 is 2.28 bits per heavy atom. The van der Waals surface area contributed by atoms with Crippen LogP contribution in [0.5, 0.6) is 5.75 Å². The number of rotatable bonds is 3. The lowest BCUT2D eigenvalue weighted by Gasteiger charge is -2.31. The van der Waals surface area contributed by atoms with Crippen LogP contribution in [0.3, 0.4) is 0 Å². The van der Waals surface area contributed by atoms with Crippen LogP contribution in [0, 0.1) is 5.92 Å². The molecule has 3 N–H and O–H groups in total. The van der Waals surface area contributed by atoms with E-state index in [9.17, 15) is 14.7 Å². The molecular weight excluding hydrogens is 318 g/mol. The Balaban J connectivity index is 1.49. The average Bonchev–Trinajstić information content (AvgIpc) is 2.62. The molecule has 0 saturated carbocycles. The number of hydrogen-bond donors (Lipinski definition) is 3. The third kappa shape index (κ3) is 4.50. The number of nitrogens with one attached hydrogen (secondary N) is 2. The van der Waals surface area contributed by atoms with Crippen molar-refractivity contribution < 1.29 is 14.7 Å². The minimum atomic E-state index is -0.141. The van der Waals surface area contributed by atoms with E-state index in [0.717, 1.165) is 5.69 Å². The summed E-state index contributed by atoms with van der Waals surface area (Å²) in [4.78, 5) is 26.3. The van der Waals surface area contributed by atoms with E-state index >= 15 is 0 Å². The number of piperidine rings is 1. The van der Waals surface area contributed by atoms with Gasteiger partial charge < -0.3 is 20.6 Å². The maximum atomic E-state index is 12.3. The van der Waals surface area contributed by atoms with E-state index in [1.54, 1.807) is 23.1 Å². The number of para-hydroxylation sites is 1. The van der Waals surface area contributed by atoms with Crippen LogP contribution in [0.25, 0.3) is 0 Å². The van der Waals surface area contributed by atoms with Crippen molar-refractivity contribution in [3.8, 4) is 5.75 Å². The van der Waals surface area contributed by atoms with Gasteiger partial charge in [-0.15, -0.1) is 0 Å². The normalized spacial score (nSPS) is 14.8. The maximum Gasteiger partial charge on any atom is 0.321 e. The number of phenolic OH excluding ortho intramolecular Hbond substituents is 1. The molecule has 1 heterocycles. The molecule has 6 heteroatoms. The molecule has 0 radical (unpaired) electrons. The van der Waals surface area contributed by atoms with Gasteiger partial charge in [0.15, 0.2) is 0 Å². The maximum absolute atomic E-state index is 12.3. The second-order valence-electron chi connectivity index (χ2n) is 6.10. The lowest BCUT2D eigenvalue weighted by atomic mass is 9.96. The van der Waals surface area contributed by atoms with Gasteiger partial charge in [-0.05, 0) is 37.1 Å². The van der Waals surface area contributed by atoms with Crippen LogP contribution in [-0.4, -0.2) is 35.0 Å². The van der Waals surface area contributed by atoms with E-state index in [1.165, 1.54) is 6.07 Å². The van der Waals surface area contributed by atoms with Crippen LogP contribution in [0.2, 0.25) is 0 Å². The second kappa shape index (κ2) is 7.70. The predicted octanol–water partition coefficient (Wildman–Crippen LogP) is 3.27. The van der Waals surface area contributed by atoms with Crippen LogP contribution in [0.1, 0.15) is 12.8 Å². The predicted molar refractivity (Wildman–Crippen MR) is 96.5 cm³/mol. The summed E-state index contributed by atoms with van der Waals surface area (Å²) in [5, 5.41) is 15.1. The molecule has 130 valence electrons. The van der Waals surface area contributed by atoms with Crippen molar-refractivity contribution in [2.24, 2.45) is 5.92 Å². The molecule has 2 aromatic rings. The molecule has 0 aromatic heterocycles. The molecule has 0 unspecified atom stereocenters. The van der Waals surface area contributed by atoms with Gasteiger partial charge in [0.25, 0.3) is 0 Å². The van der Waals surface area contributed by atoms with Crippen LogP contribution in [-0.2, 0) is 4.79 Å². The second-order valence-corrected chi connectivity index (χ2v) is 6.10. The molecule has 3 rings (SSSR count). The van der Waals surface area contributed by atoms with Gasteiger partial charge >= 0.3 is 6.03 Å². The molecule has 0 atom stereocenters. The molecule has 0 aliphatic carbocycles. The Labute approximate surface area is 146 Å². The molecule has 0 bridgehead atoms. The van der Waals surface area contributed by atoms with Gasteiger partial charge in [0.1, 0.15) is 5.75 Å². The molecule has 0 spiro atoms. The number of anilines is 2. The summed E-state index contributed by atoms with van der Waals surface area (Å²) in [5.41, 5.74) is 1.34. The summed E-state index contributed by atoms with van der Waals surface area (Å²) in [6.45, 7) is 1.08. The SMILES string of the molecule is O=C(Nc1cccc(O)c1)C1CCN(C(=O)Nc2ccccc2)CC1. The van der Waals surface area contributed by atoms with Gasteiger partial charge in [0.2, 0.25) is 5.91 Å². The number of likely N-dealkylation sites (tertiary alicyclic amines) is 1. The highest BCUT2D eigenvalue weighted by Crippen LogP contribution is 2.22. The van der Waals surface area contributed by atoms with Crippen LogP contribution in [0.15, 0.2) is 54.6 Å². The zero-order valence-corrected chi connectivity index (χ0v) is 13.8. The largest absolute Gasteiger partial charge is 0.508 e. The standard InChI is InChI=1S/C19H21N3O3/c23-17-8-4-7-16(13-17)20-18(24)14-9-11-22(12-10-14)19(25)21-15-5-2-1-3-6-15/h1-8,13-14,23H,9-12H2,(H,20,24)(H,21,25). The first-order valence-corrected chi connectivity index (χ1v) is 8.33. The molecule has 1 saturated heterocycles. The highest BCUT2D eigenvalue weighted by molar-refractivity contribution is 5.93. The van der Waals surface area contributed by atoms with Gasteiger partial charge in [0, 0.05) is 36.4 Å². The van der Waals surface area contributed by atoms with Crippen LogP contribution < -0.4 is 10.6 Å². The Morgan fingerprint density at radius 1 is 0.920 bits per heavy atom. The van der Waals surface area contributed by atoms with Crippen LogP contribution in [0.4, 0.5) is 16.2 Å². The Hall–Kier alpha value is -3.02. The quantitative estimate of drug-likeness (QED) is 0.803. The van der Waals surface area contributed by atoms with Gasteiger partial charge in [-0.1, -0.05) is 24.3 Å². The Bertz CT molecular complexity index is 741. The third-order valence-electron chi connectivity index (χ3n) is 4.29. The van der Waals surface area contributed by atoms with E-state index in [0.29, 0.717) is 31.6 Å². The molecule has 1 aliphatic heterocycles. The highest BCUT2D eigenvalue weighted by atomic mass is 16.3. The van der Waals surface area contributed by atoms with Gasteiger partial charge in [-0.2, -0.15) is 0 Å². The summed E-state index contributed by atoms with van der Waals surface area (Å²) in [5.74, 6) is -0.0953. The summed E-state index contributed by atoms with van der Waals surface area (Å²) in [6, 6.07) is 15.7. The number of urea groups is 1. The topological polar surface area (TPSA) is 81.7 Å². The lowest BCUT2D eigenvalue weighted by Crippen LogP contribution is -2.43. The molecule has 1 aliphatic rings. The smallest absolute Gasteiger partial charge is 0.321 e. The minimum Gasteiger partial charge on any atom is -0.508 e. The van der Waals surface area contributed by atoms with E-state index < -0.39 is 0 Å². The van der Waals surface area contributed by atoms with Crippen molar-refractivity contribution in [1.29, 1.82) is 0 Å². The van der Waals surface area contributed by atoms with E-state index in [4.69, 9.17) is 0 Å². The van der Waals surface area contributed by atoms with Crippen molar-refractivity contribution in [2.75, 3.05) is 23.7 Å². The Kier molecular flexibility index (Phi) is 5.18. The van der Waals surface area contributed by atoms with Crippen molar-refractivity contribution in [3.05, 3.63) is 54.6 Å². The summed E-state index contributed by atoms with van der Waals surface area (Å²) < 4.78 is 0. The number of benzene rings is 2. The molecule has 6 nitrogen and oxygen atoms in total. The fourth-order valence-corrected chi connectivity index (χ4v) is 2.90. The van der Waals surface area contributed by atoms with Crippen molar-refractivity contribution >= 4 is 23.3 Å². The van der Waals surface area contributed by atoms with E-state index in [1.807, 2.05) is 30.3 Å². The number of phenols is 1. The molecule has 1 fully saturated rings. The average molecular weight is 339 g/mol. The number of nitrogens with zero attached hydrogens (tertiary/aromatic N) is 1. The number of aromatic hydroxyl groups is 1. The molecule has 25 heavy (non-hydrogen) atoms. The first-order chi connectivity index (χ1) is 12.1. The summed E-state index contributed by atoms with van der Waals surface area (Å²) in [7, 11) is 0. The minimum absolute atomic E-state index is 0.0753. The third-order valence-corrected chi connectivity index (χ3v) is 4.29. The first-order valence-electron chi connectivity index (χ1n) is 8.33. The van der Waals surface area contributed by atoms with Gasteiger partial charge in [0.05, 0.1) is 0 Å². The highest BCUT2D eigenvalue weighted by Gasteiger charge is 2.27. The number of carbonyl (C=O) groups is 2. The van der Waals surface area contributed by atoms with Gasteiger partial charge in [-0.3, -0.25) is 4.79 Å². The zero-order valence-electron chi connectivity index (χ0n) is 13.8. The monoisotopic (exact) mass is 339 g/mol. The summed E-state index contributed by atoms with van der Waals surface area (Å²) >= 11 is 0. The lowest BCUT2D eigenvalue weighted by molar-refractivity contribution is -0.121. The zero-order chi connectivity index (χ0) is 17.6. The van der Waals surface area contributed by atoms with Gasteiger partial charge in [-0.25, -0.2) is 4.79 Å². The molecular formula is C19H21N3O3. The first kappa shape index (κ1) is 16.8. The summed E-state index contributed by atoms with van der Waals surface area (Å²) in [6.07, 6.45) is 1.24. The molecule has 3 amide bonds. The Morgan fingerprint density at radius 2 is 1.60 bits per heavy atom. The van der Waals surface area contributed by atoms with Crippen LogP contribution >= 0.6 is 0 Å². The fourth-order valence-electron chi connectivity index (χ4n) is 2.90. The number of hydrogen-bond acceptors (Lipinski definition) is 3. The van der Waals surface area contributed by atoms with E-state index in [-0.39, 0.29) is 23.6 Å². The van der Waals surface area contributed by atoms with Crippen molar-refractivity contribution in [1.82, 2.24) is 4.90 Å². The van der Waals surface area contributed by atoms with E-state index in [2.05, 4.69) is 10.6 Å². The molecule has 2 aromatic carbocycles. The number of carbonyl (C=O) groups excluding carboxylic acids is 2. The van der Waals surface area contributed by atoms with Crippen molar-refractivity contribution in [2.45, 2.75) is 12.8 Å². The number of amides is 3. The van der Waals surface area contributed by atoms with Crippen molar-refractivity contribution in [3.63, 3.8) is 0 Å².